The first-order valence-corrected chi connectivity index (χ1v) is 7.58. The summed E-state index contributed by atoms with van der Waals surface area (Å²) in [5.74, 6) is 0.0889. The maximum Gasteiger partial charge on any atom is 0.224 e. The van der Waals surface area contributed by atoms with Gasteiger partial charge in [0.25, 0.3) is 0 Å². The van der Waals surface area contributed by atoms with Crippen molar-refractivity contribution in [3.05, 3.63) is 29.3 Å². The first-order valence-electron chi connectivity index (χ1n) is 7.58. The van der Waals surface area contributed by atoms with Gasteiger partial charge in [-0.05, 0) is 49.4 Å². The lowest BCUT2D eigenvalue weighted by Crippen LogP contribution is -2.38. The van der Waals surface area contributed by atoms with Gasteiger partial charge in [0.1, 0.15) is 0 Å². The summed E-state index contributed by atoms with van der Waals surface area (Å²) in [5.41, 5.74) is 3.00. The lowest BCUT2D eigenvalue weighted by atomic mass is 9.93. The highest BCUT2D eigenvalue weighted by Gasteiger charge is 2.23. The third-order valence-corrected chi connectivity index (χ3v) is 4.32. The van der Waals surface area contributed by atoms with Gasteiger partial charge in [-0.15, -0.1) is 0 Å². The maximum absolute atomic E-state index is 11.5. The van der Waals surface area contributed by atoms with Gasteiger partial charge in [-0.3, -0.25) is 4.79 Å². The van der Waals surface area contributed by atoms with Crippen molar-refractivity contribution >= 4 is 11.6 Å². The summed E-state index contributed by atoms with van der Waals surface area (Å²) in [4.78, 5) is 11.5. The second kappa shape index (κ2) is 5.94. The van der Waals surface area contributed by atoms with Crippen LogP contribution in [-0.4, -0.2) is 23.6 Å². The van der Waals surface area contributed by atoms with Gasteiger partial charge in [-0.25, -0.2) is 0 Å². The van der Waals surface area contributed by atoms with Gasteiger partial charge < -0.3 is 15.7 Å². The number of amides is 1. The molecule has 4 nitrogen and oxygen atoms in total. The summed E-state index contributed by atoms with van der Waals surface area (Å²) in [6, 6.07) is 6.08. The lowest BCUT2D eigenvalue weighted by molar-refractivity contribution is -0.116. The Hall–Kier alpha value is -1.39. The van der Waals surface area contributed by atoms with E-state index >= 15 is 0 Å². The summed E-state index contributed by atoms with van der Waals surface area (Å²) in [5, 5.41) is 16.8. The van der Waals surface area contributed by atoms with E-state index in [9.17, 15) is 9.90 Å². The first kappa shape index (κ1) is 13.6. The van der Waals surface area contributed by atoms with Crippen molar-refractivity contribution in [3.63, 3.8) is 0 Å². The Kier molecular flexibility index (Phi) is 4.03. The Morgan fingerprint density at radius 3 is 2.90 bits per heavy atom. The largest absolute Gasteiger partial charge is 0.387 e. The Balaban J connectivity index is 1.80. The molecule has 2 atom stereocenters. The van der Waals surface area contributed by atoms with Crippen molar-refractivity contribution in [2.75, 3.05) is 11.9 Å². The summed E-state index contributed by atoms with van der Waals surface area (Å²) < 4.78 is 0. The Morgan fingerprint density at radius 2 is 2.10 bits per heavy atom. The topological polar surface area (TPSA) is 61.4 Å². The van der Waals surface area contributed by atoms with Gasteiger partial charge in [0.2, 0.25) is 5.91 Å². The first-order chi connectivity index (χ1) is 9.74. The van der Waals surface area contributed by atoms with E-state index in [4.69, 9.17) is 0 Å². The van der Waals surface area contributed by atoms with Crippen LogP contribution in [-0.2, 0) is 11.2 Å². The minimum atomic E-state index is -0.459. The SMILES string of the molecule is O=C1CCCc2cc(C(O)C3CCCCN3)ccc2N1. The molecule has 3 N–H and O–H groups in total. The number of piperidine rings is 1. The molecule has 2 aliphatic heterocycles. The van der Waals surface area contributed by atoms with Gasteiger partial charge in [0.15, 0.2) is 0 Å². The third-order valence-electron chi connectivity index (χ3n) is 4.32. The molecule has 3 rings (SSSR count). The summed E-state index contributed by atoms with van der Waals surface area (Å²) in [6.45, 7) is 0.989. The molecule has 1 aromatic rings. The molecule has 0 aliphatic carbocycles. The number of carbonyl (C=O) groups is 1. The fourth-order valence-corrected chi connectivity index (χ4v) is 3.16. The zero-order valence-corrected chi connectivity index (χ0v) is 11.7. The normalized spacial score (nSPS) is 24.4. The molecule has 1 fully saturated rings. The summed E-state index contributed by atoms with van der Waals surface area (Å²) >= 11 is 0. The Morgan fingerprint density at radius 1 is 1.20 bits per heavy atom. The molecule has 2 unspecified atom stereocenters. The quantitative estimate of drug-likeness (QED) is 0.774. The molecule has 0 spiro atoms. The molecule has 2 heterocycles. The number of aliphatic hydroxyl groups is 1. The van der Waals surface area contributed by atoms with Crippen LogP contribution < -0.4 is 10.6 Å². The van der Waals surface area contributed by atoms with E-state index in [1.54, 1.807) is 0 Å². The minimum Gasteiger partial charge on any atom is -0.387 e. The molecule has 0 bridgehead atoms. The Bertz CT molecular complexity index is 495. The van der Waals surface area contributed by atoms with Crippen molar-refractivity contribution in [1.29, 1.82) is 0 Å². The summed E-state index contributed by atoms with van der Waals surface area (Å²) in [7, 11) is 0. The van der Waals surface area contributed by atoms with Crippen LogP contribution in [0, 0.1) is 0 Å². The number of nitrogens with one attached hydrogen (secondary N) is 2. The van der Waals surface area contributed by atoms with E-state index < -0.39 is 6.10 Å². The molecule has 1 saturated heterocycles. The predicted molar refractivity (Wildman–Crippen MR) is 78.6 cm³/mol. The lowest BCUT2D eigenvalue weighted by Gasteiger charge is -2.28. The molecule has 0 radical (unpaired) electrons. The van der Waals surface area contributed by atoms with Crippen LogP contribution in [0.15, 0.2) is 18.2 Å². The van der Waals surface area contributed by atoms with Crippen LogP contribution in [0.3, 0.4) is 0 Å². The predicted octanol–water partition coefficient (Wildman–Crippen LogP) is 2.14. The van der Waals surface area contributed by atoms with Gasteiger partial charge in [0.05, 0.1) is 6.10 Å². The van der Waals surface area contributed by atoms with E-state index in [0.717, 1.165) is 42.6 Å². The van der Waals surface area contributed by atoms with E-state index in [-0.39, 0.29) is 11.9 Å². The molecule has 2 aliphatic rings. The standard InChI is InChI=1S/C16H22N2O2/c19-15-6-3-4-11-10-12(7-8-13(11)18-15)16(20)14-5-1-2-9-17-14/h7-8,10,14,16-17,20H,1-6,9H2,(H,18,19). The van der Waals surface area contributed by atoms with Crippen molar-refractivity contribution in [3.8, 4) is 0 Å². The fourth-order valence-electron chi connectivity index (χ4n) is 3.16. The van der Waals surface area contributed by atoms with Crippen LogP contribution in [0.2, 0.25) is 0 Å². The number of aryl methyl sites for hydroxylation is 1. The number of anilines is 1. The number of fused-ring (bicyclic) bond motifs is 1. The van der Waals surface area contributed by atoms with E-state index in [1.165, 1.54) is 12.8 Å². The second-order valence-corrected chi connectivity index (χ2v) is 5.82. The number of hydrogen-bond donors (Lipinski definition) is 3. The van der Waals surface area contributed by atoms with Crippen molar-refractivity contribution in [2.24, 2.45) is 0 Å². The molecule has 4 heteroatoms. The van der Waals surface area contributed by atoms with E-state index in [2.05, 4.69) is 16.7 Å². The molecule has 1 amide bonds. The molecular formula is C16H22N2O2. The number of carbonyl (C=O) groups excluding carboxylic acids is 1. The van der Waals surface area contributed by atoms with E-state index in [0.29, 0.717) is 6.42 Å². The smallest absolute Gasteiger partial charge is 0.224 e. The van der Waals surface area contributed by atoms with Crippen molar-refractivity contribution < 1.29 is 9.90 Å². The highest BCUT2D eigenvalue weighted by Crippen LogP contribution is 2.28. The fraction of sp³-hybridized carbons (Fsp3) is 0.562. The minimum absolute atomic E-state index is 0.0889. The molecule has 20 heavy (non-hydrogen) atoms. The zero-order chi connectivity index (χ0) is 13.9. The molecular weight excluding hydrogens is 252 g/mol. The molecule has 0 saturated carbocycles. The van der Waals surface area contributed by atoms with E-state index in [1.807, 2.05) is 12.1 Å². The Labute approximate surface area is 119 Å². The van der Waals surface area contributed by atoms with Gasteiger partial charge >= 0.3 is 0 Å². The van der Waals surface area contributed by atoms with Gasteiger partial charge in [-0.1, -0.05) is 18.6 Å². The number of benzene rings is 1. The maximum atomic E-state index is 11.5. The second-order valence-electron chi connectivity index (χ2n) is 5.82. The van der Waals surface area contributed by atoms with Gasteiger partial charge in [0, 0.05) is 18.2 Å². The number of aliphatic hydroxyl groups excluding tert-OH is 1. The summed E-state index contributed by atoms with van der Waals surface area (Å²) in [6.07, 6.45) is 5.28. The van der Waals surface area contributed by atoms with Crippen LogP contribution >= 0.6 is 0 Å². The van der Waals surface area contributed by atoms with Crippen LogP contribution in [0.5, 0.6) is 0 Å². The average molecular weight is 274 g/mol. The zero-order valence-electron chi connectivity index (χ0n) is 11.7. The van der Waals surface area contributed by atoms with Gasteiger partial charge in [-0.2, -0.15) is 0 Å². The van der Waals surface area contributed by atoms with Crippen molar-refractivity contribution in [2.45, 2.75) is 50.7 Å². The highest BCUT2D eigenvalue weighted by atomic mass is 16.3. The number of rotatable bonds is 2. The highest BCUT2D eigenvalue weighted by molar-refractivity contribution is 5.92. The molecule has 108 valence electrons. The van der Waals surface area contributed by atoms with Crippen LogP contribution in [0.1, 0.15) is 49.3 Å². The third kappa shape index (κ3) is 2.86. The van der Waals surface area contributed by atoms with Crippen LogP contribution in [0.25, 0.3) is 0 Å². The van der Waals surface area contributed by atoms with Crippen LogP contribution in [0.4, 0.5) is 5.69 Å². The monoisotopic (exact) mass is 274 g/mol. The average Bonchev–Trinajstić information content (AvgIpc) is 2.67. The molecule has 1 aromatic carbocycles. The molecule has 0 aromatic heterocycles. The van der Waals surface area contributed by atoms with Crippen molar-refractivity contribution in [1.82, 2.24) is 5.32 Å². The number of hydrogen-bond acceptors (Lipinski definition) is 3.